The van der Waals surface area contributed by atoms with E-state index in [-0.39, 0.29) is 36.8 Å². The quantitative estimate of drug-likeness (QED) is 0.267. The Hall–Kier alpha value is -4.23. The molecule has 0 aliphatic rings. The summed E-state index contributed by atoms with van der Waals surface area (Å²) in [6.07, 6.45) is 2.30. The van der Waals surface area contributed by atoms with Gasteiger partial charge in [-0.1, -0.05) is 72.3 Å². The largest absolute Gasteiger partial charge is 0.464 e. The van der Waals surface area contributed by atoms with Crippen molar-refractivity contribution in [1.82, 2.24) is 9.80 Å². The van der Waals surface area contributed by atoms with E-state index < -0.39 is 0 Å². The number of hydrogen-bond donors (Lipinski definition) is 0. The van der Waals surface area contributed by atoms with Crippen molar-refractivity contribution in [3.05, 3.63) is 118 Å². The maximum absolute atomic E-state index is 13.7. The molecule has 4 aromatic rings. The third-order valence-electron chi connectivity index (χ3n) is 6.64. The number of methoxy groups -OCH3 is 1. The first-order valence-corrected chi connectivity index (χ1v) is 13.1. The van der Waals surface area contributed by atoms with Crippen LogP contribution in [0.15, 0.2) is 94.3 Å². The van der Waals surface area contributed by atoms with E-state index in [1.807, 2.05) is 73.7 Å². The minimum Gasteiger partial charge on any atom is -0.464 e. The predicted molar refractivity (Wildman–Crippen MR) is 151 cm³/mol. The Morgan fingerprint density at radius 1 is 0.846 bits per heavy atom. The van der Waals surface area contributed by atoms with E-state index in [2.05, 4.69) is 0 Å². The van der Waals surface area contributed by atoms with E-state index in [4.69, 9.17) is 9.15 Å². The van der Waals surface area contributed by atoms with Crippen LogP contribution in [0.5, 0.6) is 0 Å². The van der Waals surface area contributed by atoms with Crippen LogP contribution in [0.2, 0.25) is 0 Å². The van der Waals surface area contributed by atoms with Crippen LogP contribution in [-0.4, -0.2) is 48.4 Å². The van der Waals surface area contributed by atoms with Crippen molar-refractivity contribution in [3.63, 3.8) is 0 Å². The number of amides is 2. The first-order valence-electron chi connectivity index (χ1n) is 13.1. The van der Waals surface area contributed by atoms with Gasteiger partial charge in [0.25, 0.3) is 0 Å². The average molecular weight is 527 g/mol. The summed E-state index contributed by atoms with van der Waals surface area (Å²) in [5.74, 6) is -0.378. The topological polar surface area (TPSA) is 80.1 Å². The van der Waals surface area contributed by atoms with Crippen LogP contribution in [-0.2, 0) is 33.8 Å². The van der Waals surface area contributed by atoms with Gasteiger partial charge in [0.2, 0.25) is 11.8 Å². The fraction of sp³-hybridized carbons (Fsp3) is 0.281. The second kappa shape index (κ2) is 13.5. The van der Waals surface area contributed by atoms with Crippen molar-refractivity contribution in [1.29, 1.82) is 0 Å². The molecule has 2 amide bonds. The van der Waals surface area contributed by atoms with Gasteiger partial charge in [-0.3, -0.25) is 14.4 Å². The number of hydrogen-bond acceptors (Lipinski definition) is 5. The summed E-state index contributed by atoms with van der Waals surface area (Å²) in [5.41, 5.74) is 3.66. The van der Waals surface area contributed by atoms with Gasteiger partial charge in [0, 0.05) is 26.6 Å². The molecule has 0 aliphatic heterocycles. The van der Waals surface area contributed by atoms with E-state index in [0.29, 0.717) is 42.6 Å². The second-order valence-electron chi connectivity index (χ2n) is 9.62. The minimum atomic E-state index is -0.258. The second-order valence-corrected chi connectivity index (χ2v) is 9.62. The molecular weight excluding hydrogens is 492 g/mol. The lowest BCUT2D eigenvalue weighted by molar-refractivity contribution is -0.141. The van der Waals surface area contributed by atoms with Gasteiger partial charge in [0.05, 0.1) is 36.9 Å². The molecule has 4 rings (SSSR count). The average Bonchev–Trinajstić information content (AvgIpc) is 2.96. The monoisotopic (exact) mass is 526 g/mol. The molecule has 0 fully saturated rings. The van der Waals surface area contributed by atoms with Crippen LogP contribution < -0.4 is 5.43 Å². The van der Waals surface area contributed by atoms with Gasteiger partial charge in [-0.05, 0) is 36.6 Å². The highest BCUT2D eigenvalue weighted by Gasteiger charge is 2.23. The first kappa shape index (κ1) is 27.8. The van der Waals surface area contributed by atoms with Crippen LogP contribution in [0.3, 0.4) is 0 Å². The molecule has 0 atom stereocenters. The lowest BCUT2D eigenvalue weighted by Crippen LogP contribution is -2.44. The SMILES string of the molecule is COCCN(CC(=O)N(Cc1ccccc1)Cc1coc2ccc(C)cc2c1=O)C(=O)CCc1ccccc1. The van der Waals surface area contributed by atoms with E-state index in [9.17, 15) is 14.4 Å². The molecule has 0 saturated heterocycles. The zero-order chi connectivity index (χ0) is 27.6. The Labute approximate surface area is 228 Å². The molecule has 1 heterocycles. The highest BCUT2D eigenvalue weighted by Crippen LogP contribution is 2.16. The molecular formula is C32H34N2O5. The van der Waals surface area contributed by atoms with Crippen LogP contribution >= 0.6 is 0 Å². The van der Waals surface area contributed by atoms with Crippen LogP contribution in [0, 0.1) is 6.92 Å². The molecule has 0 saturated carbocycles. The van der Waals surface area contributed by atoms with E-state index in [1.165, 1.54) is 6.26 Å². The van der Waals surface area contributed by atoms with Crippen LogP contribution in [0.1, 0.15) is 28.7 Å². The van der Waals surface area contributed by atoms with Crippen molar-refractivity contribution >= 4 is 22.8 Å². The van der Waals surface area contributed by atoms with Crippen LogP contribution in [0.25, 0.3) is 11.0 Å². The summed E-state index contributed by atoms with van der Waals surface area (Å²) >= 11 is 0. The van der Waals surface area contributed by atoms with Crippen molar-refractivity contribution in [2.75, 3.05) is 26.8 Å². The standard InChI is InChI=1S/C32H34N2O5/c1-24-13-15-29-28(19-24)32(37)27(23-39-29)21-34(20-26-11-7-4-8-12-26)31(36)22-33(17-18-38-2)30(35)16-14-25-9-5-3-6-10-25/h3-13,15,19,23H,14,16-18,20-22H2,1-2H3. The fourth-order valence-corrected chi connectivity index (χ4v) is 4.45. The fourth-order valence-electron chi connectivity index (χ4n) is 4.45. The van der Waals surface area contributed by atoms with E-state index >= 15 is 0 Å². The zero-order valence-corrected chi connectivity index (χ0v) is 22.5. The molecule has 0 radical (unpaired) electrons. The zero-order valence-electron chi connectivity index (χ0n) is 22.5. The molecule has 39 heavy (non-hydrogen) atoms. The highest BCUT2D eigenvalue weighted by atomic mass is 16.5. The summed E-state index contributed by atoms with van der Waals surface area (Å²) < 4.78 is 10.9. The molecule has 0 aliphatic carbocycles. The summed E-state index contributed by atoms with van der Waals surface area (Å²) in [4.78, 5) is 43.3. The van der Waals surface area contributed by atoms with Crippen molar-refractivity contribution in [2.24, 2.45) is 0 Å². The van der Waals surface area contributed by atoms with E-state index in [1.54, 1.807) is 29.0 Å². The molecule has 3 aromatic carbocycles. The third kappa shape index (κ3) is 7.65. The van der Waals surface area contributed by atoms with Crippen molar-refractivity contribution < 1.29 is 18.7 Å². The Morgan fingerprint density at radius 2 is 1.54 bits per heavy atom. The molecule has 0 N–H and O–H groups in total. The number of nitrogens with zero attached hydrogens (tertiary/aromatic N) is 2. The minimum absolute atomic E-state index is 0.0657. The van der Waals surface area contributed by atoms with Gasteiger partial charge in [0.1, 0.15) is 5.58 Å². The summed E-state index contributed by atoms with van der Waals surface area (Å²) in [6, 6.07) is 24.8. The van der Waals surface area contributed by atoms with Crippen molar-refractivity contribution in [2.45, 2.75) is 32.9 Å². The number of ether oxygens (including phenoxy) is 1. The van der Waals surface area contributed by atoms with Gasteiger partial charge in [0.15, 0.2) is 5.43 Å². The Morgan fingerprint density at radius 3 is 2.23 bits per heavy atom. The van der Waals surface area contributed by atoms with Gasteiger partial charge in [-0.15, -0.1) is 0 Å². The molecule has 7 heteroatoms. The molecule has 7 nitrogen and oxygen atoms in total. The number of benzene rings is 3. The maximum atomic E-state index is 13.7. The summed E-state index contributed by atoms with van der Waals surface area (Å²) in [5, 5.41) is 0.484. The Bertz CT molecular complexity index is 1450. The first-order chi connectivity index (χ1) is 18.9. The number of aryl methyl sites for hydroxylation is 2. The van der Waals surface area contributed by atoms with E-state index in [0.717, 1.165) is 16.7 Å². The Kier molecular flexibility index (Phi) is 9.64. The normalized spacial score (nSPS) is 10.9. The molecule has 202 valence electrons. The predicted octanol–water partition coefficient (Wildman–Crippen LogP) is 4.74. The number of rotatable bonds is 12. The third-order valence-corrected chi connectivity index (χ3v) is 6.64. The van der Waals surface area contributed by atoms with Crippen LogP contribution in [0.4, 0.5) is 0 Å². The maximum Gasteiger partial charge on any atom is 0.242 e. The lowest BCUT2D eigenvalue weighted by Gasteiger charge is -2.28. The Balaban J connectivity index is 1.55. The number of carbonyl (C=O) groups is 2. The smallest absolute Gasteiger partial charge is 0.242 e. The van der Waals surface area contributed by atoms with Gasteiger partial charge < -0.3 is 19.0 Å². The summed E-state index contributed by atoms with van der Waals surface area (Å²) in [6.45, 7) is 2.78. The van der Waals surface area contributed by atoms with Crippen molar-refractivity contribution in [3.8, 4) is 0 Å². The molecule has 0 spiro atoms. The number of carbonyl (C=O) groups excluding carboxylic acids is 2. The van der Waals surface area contributed by atoms with Gasteiger partial charge in [-0.25, -0.2) is 0 Å². The summed E-state index contributed by atoms with van der Waals surface area (Å²) in [7, 11) is 1.57. The van der Waals surface area contributed by atoms with Gasteiger partial charge in [-0.2, -0.15) is 0 Å². The molecule has 0 bridgehead atoms. The molecule has 0 unspecified atom stereocenters. The highest BCUT2D eigenvalue weighted by molar-refractivity contribution is 5.85. The molecule has 1 aromatic heterocycles. The lowest BCUT2D eigenvalue weighted by atomic mass is 10.1. The number of fused-ring (bicyclic) bond motifs is 1. The van der Waals surface area contributed by atoms with Gasteiger partial charge >= 0.3 is 0 Å².